The van der Waals surface area contributed by atoms with Crippen molar-refractivity contribution in [1.29, 1.82) is 0 Å². The van der Waals surface area contributed by atoms with Gasteiger partial charge in [-0.1, -0.05) is 25.4 Å². The number of fused-ring (bicyclic) bond motifs is 1. The van der Waals surface area contributed by atoms with Crippen LogP contribution >= 0.6 is 11.6 Å². The topological polar surface area (TPSA) is 68.3 Å². The number of nitrogens with two attached hydrogens (primary N) is 1. The molecule has 0 spiro atoms. The fraction of sp³-hybridized carbons (Fsp3) is 0.227. The minimum atomic E-state index is -0.409. The van der Waals surface area contributed by atoms with Crippen molar-refractivity contribution in [3.63, 3.8) is 0 Å². The molecule has 0 saturated heterocycles. The lowest BCUT2D eigenvalue weighted by Gasteiger charge is -2.13. The molecule has 1 aromatic heterocycles. The van der Waals surface area contributed by atoms with Crippen LogP contribution in [0, 0.1) is 25.6 Å². The highest BCUT2D eigenvalue weighted by Crippen LogP contribution is 2.35. The number of rotatable bonds is 3. The average Bonchev–Trinajstić information content (AvgIpc) is 2.61. The number of aliphatic imine (C=N–C) groups is 1. The Labute approximate surface area is 168 Å². The first kappa shape index (κ1) is 20.0. The van der Waals surface area contributed by atoms with Gasteiger partial charge in [-0.2, -0.15) is 4.99 Å². The molecule has 0 saturated carbocycles. The lowest BCUT2D eigenvalue weighted by molar-refractivity contribution is 0.100. The largest absolute Gasteiger partial charge is 0.387 e. The number of aromatic nitrogens is 1. The van der Waals surface area contributed by atoms with Gasteiger partial charge in [-0.3, -0.25) is 9.78 Å². The molecule has 4 nitrogen and oxygen atoms in total. The highest BCUT2D eigenvalue weighted by Gasteiger charge is 2.16. The quantitative estimate of drug-likeness (QED) is 0.471. The summed E-state index contributed by atoms with van der Waals surface area (Å²) in [5.74, 6) is -0.558. The van der Waals surface area contributed by atoms with E-state index < -0.39 is 11.7 Å². The number of halogens is 2. The van der Waals surface area contributed by atoms with Crippen LogP contribution in [0.5, 0.6) is 0 Å². The van der Waals surface area contributed by atoms with Crippen LogP contribution in [0.15, 0.2) is 41.4 Å². The van der Waals surface area contributed by atoms with E-state index in [9.17, 15) is 9.18 Å². The molecule has 3 rings (SSSR count). The molecular weight excluding hydrogens is 377 g/mol. The Kier molecular flexibility index (Phi) is 5.47. The van der Waals surface area contributed by atoms with Crippen molar-refractivity contribution in [3.05, 3.63) is 64.1 Å². The van der Waals surface area contributed by atoms with Gasteiger partial charge in [0.05, 0.1) is 10.5 Å². The van der Waals surface area contributed by atoms with Crippen molar-refractivity contribution < 1.29 is 9.18 Å². The van der Waals surface area contributed by atoms with Gasteiger partial charge in [0.15, 0.2) is 0 Å². The summed E-state index contributed by atoms with van der Waals surface area (Å²) in [6.07, 6.45) is 0. The molecule has 6 heteroatoms. The summed E-state index contributed by atoms with van der Waals surface area (Å²) in [7, 11) is 0. The molecular formula is C22H21ClFN3O. The van der Waals surface area contributed by atoms with E-state index >= 15 is 0 Å². The Hall–Kier alpha value is -2.79. The van der Waals surface area contributed by atoms with Gasteiger partial charge >= 0.3 is 0 Å². The molecule has 144 valence electrons. The zero-order chi connectivity index (χ0) is 20.6. The van der Waals surface area contributed by atoms with Gasteiger partial charge in [-0.25, -0.2) is 4.39 Å². The van der Waals surface area contributed by atoms with Gasteiger partial charge in [0.2, 0.25) is 0 Å². The monoisotopic (exact) mass is 397 g/mol. The van der Waals surface area contributed by atoms with Crippen molar-refractivity contribution >= 4 is 34.2 Å². The lowest BCUT2D eigenvalue weighted by atomic mass is 9.96. The van der Waals surface area contributed by atoms with Crippen molar-refractivity contribution in [1.82, 2.24) is 4.98 Å². The zero-order valence-electron chi connectivity index (χ0n) is 16.2. The molecule has 0 atom stereocenters. The predicted octanol–water partition coefficient (Wildman–Crippen LogP) is 5.46. The Balaban J connectivity index is 2.27. The van der Waals surface area contributed by atoms with Crippen LogP contribution in [-0.4, -0.2) is 16.7 Å². The molecule has 3 aromatic rings. The Morgan fingerprint density at radius 3 is 2.50 bits per heavy atom. The lowest BCUT2D eigenvalue weighted by Crippen LogP contribution is -2.20. The van der Waals surface area contributed by atoms with Gasteiger partial charge in [0.1, 0.15) is 11.7 Å². The SMILES string of the molecule is Cc1cc(-c2ccc(F)cc2Cl)c2cc(C(=O)N=C(N)C(C)C)cc(C)c2n1. The smallest absolute Gasteiger partial charge is 0.278 e. The highest BCUT2D eigenvalue weighted by molar-refractivity contribution is 6.33. The number of amidine groups is 1. The molecule has 0 aliphatic heterocycles. The Morgan fingerprint density at radius 1 is 1.14 bits per heavy atom. The molecule has 0 aliphatic carbocycles. The summed E-state index contributed by atoms with van der Waals surface area (Å²) in [6, 6.07) is 9.63. The van der Waals surface area contributed by atoms with Crippen LogP contribution in [-0.2, 0) is 0 Å². The second-order valence-corrected chi connectivity index (χ2v) is 7.53. The first-order valence-electron chi connectivity index (χ1n) is 8.93. The molecule has 1 heterocycles. The summed E-state index contributed by atoms with van der Waals surface area (Å²) < 4.78 is 13.5. The van der Waals surface area contributed by atoms with E-state index in [-0.39, 0.29) is 11.8 Å². The van der Waals surface area contributed by atoms with Crippen LogP contribution in [0.3, 0.4) is 0 Å². The number of pyridine rings is 1. The van der Waals surface area contributed by atoms with Crippen LogP contribution in [0.25, 0.3) is 22.0 Å². The molecule has 0 aliphatic rings. The first-order valence-corrected chi connectivity index (χ1v) is 9.31. The van der Waals surface area contributed by atoms with Crippen molar-refractivity contribution in [2.45, 2.75) is 27.7 Å². The molecule has 0 bridgehead atoms. The fourth-order valence-electron chi connectivity index (χ4n) is 2.99. The normalized spacial score (nSPS) is 12.0. The number of nitrogens with zero attached hydrogens (tertiary/aromatic N) is 2. The standard InChI is InChI=1S/C22H21ClFN3O/c1-11(2)21(25)27-22(28)14-7-12(3)20-18(9-14)17(8-13(4)26-20)16-6-5-15(24)10-19(16)23/h5-11H,1-4H3,(H2,25,27,28). The second-order valence-electron chi connectivity index (χ2n) is 7.12. The minimum Gasteiger partial charge on any atom is -0.387 e. The van der Waals surface area contributed by atoms with Gasteiger partial charge in [-0.15, -0.1) is 0 Å². The average molecular weight is 398 g/mol. The summed E-state index contributed by atoms with van der Waals surface area (Å²) in [5, 5.41) is 1.05. The van der Waals surface area contributed by atoms with Crippen LogP contribution < -0.4 is 5.73 Å². The maximum Gasteiger partial charge on any atom is 0.278 e. The minimum absolute atomic E-state index is 0.0246. The van der Waals surface area contributed by atoms with E-state index in [0.29, 0.717) is 16.1 Å². The maximum atomic E-state index is 13.5. The number of carbonyl (C=O) groups excluding carboxylic acids is 1. The third-order valence-corrected chi connectivity index (χ3v) is 4.84. The fourth-order valence-corrected chi connectivity index (χ4v) is 3.26. The zero-order valence-corrected chi connectivity index (χ0v) is 16.9. The number of benzene rings is 2. The van der Waals surface area contributed by atoms with E-state index in [1.165, 1.54) is 12.1 Å². The van der Waals surface area contributed by atoms with E-state index in [0.717, 1.165) is 27.7 Å². The van der Waals surface area contributed by atoms with Gasteiger partial charge in [0, 0.05) is 28.1 Å². The van der Waals surface area contributed by atoms with Gasteiger partial charge < -0.3 is 5.73 Å². The first-order chi connectivity index (χ1) is 13.2. The predicted molar refractivity (Wildman–Crippen MR) is 112 cm³/mol. The van der Waals surface area contributed by atoms with Crippen LogP contribution in [0.1, 0.15) is 35.5 Å². The van der Waals surface area contributed by atoms with E-state index in [4.69, 9.17) is 17.3 Å². The van der Waals surface area contributed by atoms with Gasteiger partial charge in [-0.05, 0) is 61.4 Å². The number of carbonyl (C=O) groups is 1. The Bertz CT molecular complexity index is 1120. The molecule has 2 aromatic carbocycles. The number of amides is 1. The molecule has 28 heavy (non-hydrogen) atoms. The summed E-state index contributed by atoms with van der Waals surface area (Å²) >= 11 is 6.30. The summed E-state index contributed by atoms with van der Waals surface area (Å²) in [6.45, 7) is 7.52. The van der Waals surface area contributed by atoms with Crippen LogP contribution in [0.4, 0.5) is 4.39 Å². The Morgan fingerprint density at radius 2 is 1.86 bits per heavy atom. The summed E-state index contributed by atoms with van der Waals surface area (Å²) in [5.41, 5.74) is 10.1. The third-order valence-electron chi connectivity index (χ3n) is 4.52. The highest BCUT2D eigenvalue weighted by atomic mass is 35.5. The maximum absolute atomic E-state index is 13.5. The van der Waals surface area contributed by atoms with Crippen molar-refractivity contribution in [2.75, 3.05) is 0 Å². The molecule has 0 radical (unpaired) electrons. The van der Waals surface area contributed by atoms with Crippen molar-refractivity contribution in [3.8, 4) is 11.1 Å². The van der Waals surface area contributed by atoms with E-state index in [1.807, 2.05) is 33.8 Å². The van der Waals surface area contributed by atoms with Gasteiger partial charge in [0.25, 0.3) is 5.91 Å². The molecule has 2 N–H and O–H groups in total. The van der Waals surface area contributed by atoms with Crippen molar-refractivity contribution in [2.24, 2.45) is 16.6 Å². The number of hydrogen-bond acceptors (Lipinski definition) is 2. The summed E-state index contributed by atoms with van der Waals surface area (Å²) in [4.78, 5) is 21.2. The molecule has 1 amide bonds. The molecule has 0 unspecified atom stereocenters. The second kappa shape index (κ2) is 7.68. The molecule has 0 fully saturated rings. The number of hydrogen-bond donors (Lipinski definition) is 1. The third kappa shape index (κ3) is 3.90. The van der Waals surface area contributed by atoms with E-state index in [2.05, 4.69) is 9.98 Å². The number of aryl methyl sites for hydroxylation is 2. The van der Waals surface area contributed by atoms with Crippen LogP contribution in [0.2, 0.25) is 5.02 Å². The van der Waals surface area contributed by atoms with E-state index in [1.54, 1.807) is 18.2 Å².